The van der Waals surface area contributed by atoms with Crippen molar-refractivity contribution in [1.29, 1.82) is 0 Å². The van der Waals surface area contributed by atoms with E-state index in [0.717, 1.165) is 17.7 Å². The van der Waals surface area contributed by atoms with Crippen LogP contribution in [0.15, 0.2) is 36.4 Å². The van der Waals surface area contributed by atoms with Gasteiger partial charge in [-0.1, -0.05) is 17.7 Å². The molecule has 0 amide bonds. The summed E-state index contributed by atoms with van der Waals surface area (Å²) in [6.07, 6.45) is -8.10. The molecular formula is C23H29F6NO2. The van der Waals surface area contributed by atoms with E-state index in [9.17, 15) is 31.1 Å². The molecule has 32 heavy (non-hydrogen) atoms. The second-order valence-electron chi connectivity index (χ2n) is 8.67. The number of hydrogen-bond donors (Lipinski definition) is 1. The van der Waals surface area contributed by atoms with Crippen LogP contribution in [0.3, 0.4) is 0 Å². The van der Waals surface area contributed by atoms with E-state index in [2.05, 4.69) is 6.58 Å². The number of likely N-dealkylation sites (tertiary alicyclic amines) is 1. The fourth-order valence-electron chi connectivity index (χ4n) is 4.37. The number of carbonyl (C=O) groups is 1. The summed E-state index contributed by atoms with van der Waals surface area (Å²) in [4.78, 5) is 13.1. The van der Waals surface area contributed by atoms with Crippen molar-refractivity contribution < 1.29 is 36.2 Å². The fraction of sp³-hybridized carbons (Fsp3) is 0.609. The van der Waals surface area contributed by atoms with Crippen LogP contribution in [0.4, 0.5) is 26.3 Å². The van der Waals surface area contributed by atoms with E-state index in [1.807, 2.05) is 4.90 Å². The molecule has 0 aromatic heterocycles. The molecule has 0 radical (unpaired) electrons. The normalized spacial score (nSPS) is 21.3. The summed E-state index contributed by atoms with van der Waals surface area (Å²) in [5.74, 6) is -1.16. The summed E-state index contributed by atoms with van der Waals surface area (Å²) in [7, 11) is 0. The van der Waals surface area contributed by atoms with Crippen molar-refractivity contribution in [3.05, 3.63) is 47.5 Å². The van der Waals surface area contributed by atoms with Crippen molar-refractivity contribution in [2.24, 2.45) is 5.92 Å². The number of halogens is 6. The average Bonchev–Trinajstić information content (AvgIpc) is 2.66. The quantitative estimate of drug-likeness (QED) is 0.315. The van der Waals surface area contributed by atoms with E-state index in [4.69, 9.17) is 5.11 Å². The second-order valence-corrected chi connectivity index (χ2v) is 8.67. The van der Waals surface area contributed by atoms with Gasteiger partial charge < -0.3 is 5.11 Å². The maximum absolute atomic E-state index is 13.0. The molecule has 1 heterocycles. The minimum atomic E-state index is -4.49. The lowest BCUT2D eigenvalue weighted by atomic mass is 9.83. The van der Waals surface area contributed by atoms with Gasteiger partial charge in [-0.2, -0.15) is 26.3 Å². The number of allylic oxidation sites excluding steroid dienone is 1. The van der Waals surface area contributed by atoms with Gasteiger partial charge in [-0.15, -0.1) is 6.58 Å². The highest BCUT2D eigenvalue weighted by atomic mass is 19.4. The molecule has 0 saturated carbocycles. The van der Waals surface area contributed by atoms with Gasteiger partial charge in [0.15, 0.2) is 0 Å². The standard InChI is InChI=1S/C23H29F6NO2/c1-15(2)3-8-19(9-11-22(24,25)26)30-12-10-16(14-21(31)32)13-20(30)17-4-6-18(7-5-17)23(27,28)29/h4-7,16,19-20H,1,3,8-14H2,2H3,(H,31,32)/t16-,19-,20+/m1/s1. The molecule has 0 bridgehead atoms. The van der Waals surface area contributed by atoms with E-state index in [-0.39, 0.29) is 18.8 Å². The molecule has 1 aromatic rings. The van der Waals surface area contributed by atoms with E-state index >= 15 is 0 Å². The van der Waals surface area contributed by atoms with Gasteiger partial charge in [0, 0.05) is 24.9 Å². The molecule has 180 valence electrons. The third kappa shape index (κ3) is 8.15. The summed E-state index contributed by atoms with van der Waals surface area (Å²) in [6.45, 7) is 6.01. The zero-order valence-corrected chi connectivity index (χ0v) is 18.0. The van der Waals surface area contributed by atoms with E-state index < -0.39 is 42.4 Å². The van der Waals surface area contributed by atoms with Crippen molar-refractivity contribution in [2.45, 2.75) is 76.3 Å². The Kier molecular flexibility index (Phi) is 8.79. The van der Waals surface area contributed by atoms with E-state index in [1.54, 1.807) is 6.92 Å². The van der Waals surface area contributed by atoms with Gasteiger partial charge in [0.1, 0.15) is 0 Å². The lowest BCUT2D eigenvalue weighted by molar-refractivity contribution is -0.141. The van der Waals surface area contributed by atoms with Crippen LogP contribution < -0.4 is 0 Å². The number of rotatable bonds is 9. The predicted octanol–water partition coefficient (Wildman–Crippen LogP) is 7.00. The van der Waals surface area contributed by atoms with Crippen molar-refractivity contribution in [3.8, 4) is 0 Å². The molecule has 1 aromatic carbocycles. The van der Waals surface area contributed by atoms with Gasteiger partial charge in [-0.25, -0.2) is 0 Å². The Bertz CT molecular complexity index is 772. The lowest BCUT2D eigenvalue weighted by Gasteiger charge is -2.44. The van der Waals surface area contributed by atoms with Crippen LogP contribution in [-0.2, 0) is 11.0 Å². The van der Waals surface area contributed by atoms with E-state index in [0.29, 0.717) is 37.8 Å². The molecule has 0 unspecified atom stereocenters. The number of nitrogens with zero attached hydrogens (tertiary/aromatic N) is 1. The van der Waals surface area contributed by atoms with Gasteiger partial charge in [-0.3, -0.25) is 9.69 Å². The smallest absolute Gasteiger partial charge is 0.416 e. The summed E-state index contributed by atoms with van der Waals surface area (Å²) in [5.41, 5.74) is 0.593. The van der Waals surface area contributed by atoms with Crippen LogP contribution in [0.25, 0.3) is 0 Å². The number of hydrogen-bond acceptors (Lipinski definition) is 2. The topological polar surface area (TPSA) is 40.5 Å². The highest BCUT2D eigenvalue weighted by Crippen LogP contribution is 2.40. The first-order valence-corrected chi connectivity index (χ1v) is 10.6. The highest BCUT2D eigenvalue weighted by molar-refractivity contribution is 5.67. The Morgan fingerprint density at radius 2 is 1.78 bits per heavy atom. The van der Waals surface area contributed by atoms with Crippen LogP contribution >= 0.6 is 0 Å². The Labute approximate surface area is 184 Å². The number of carboxylic acids is 1. The molecule has 3 nitrogen and oxygen atoms in total. The maximum Gasteiger partial charge on any atom is 0.416 e. The third-order valence-electron chi connectivity index (χ3n) is 5.97. The van der Waals surface area contributed by atoms with Crippen molar-refractivity contribution in [2.75, 3.05) is 6.54 Å². The average molecular weight is 465 g/mol. The van der Waals surface area contributed by atoms with Crippen LogP contribution in [0.2, 0.25) is 0 Å². The molecule has 2 rings (SSSR count). The van der Waals surface area contributed by atoms with Crippen molar-refractivity contribution in [1.82, 2.24) is 4.90 Å². The van der Waals surface area contributed by atoms with Crippen LogP contribution in [0.5, 0.6) is 0 Å². The molecule has 3 atom stereocenters. The van der Waals surface area contributed by atoms with Crippen LogP contribution in [0, 0.1) is 5.92 Å². The number of alkyl halides is 6. The Morgan fingerprint density at radius 3 is 2.28 bits per heavy atom. The Balaban J connectivity index is 2.33. The molecule has 9 heteroatoms. The summed E-state index contributed by atoms with van der Waals surface area (Å²) in [5, 5.41) is 9.17. The minimum Gasteiger partial charge on any atom is -0.481 e. The minimum absolute atomic E-state index is 0.0794. The number of aliphatic carboxylic acids is 1. The largest absolute Gasteiger partial charge is 0.481 e. The van der Waals surface area contributed by atoms with Crippen molar-refractivity contribution in [3.63, 3.8) is 0 Å². The molecule has 1 aliphatic heterocycles. The highest BCUT2D eigenvalue weighted by Gasteiger charge is 2.37. The molecule has 0 spiro atoms. The van der Waals surface area contributed by atoms with E-state index in [1.165, 1.54) is 12.1 Å². The van der Waals surface area contributed by atoms with Crippen LogP contribution in [0.1, 0.15) is 69.0 Å². The van der Waals surface area contributed by atoms with Gasteiger partial charge in [0.05, 0.1) is 5.56 Å². The molecule has 1 aliphatic rings. The zero-order chi connectivity index (χ0) is 24.1. The number of benzene rings is 1. The second kappa shape index (κ2) is 10.7. The number of carboxylic acid groups (broad SMARTS) is 1. The molecule has 1 N–H and O–H groups in total. The predicted molar refractivity (Wildman–Crippen MR) is 109 cm³/mol. The van der Waals surface area contributed by atoms with Crippen LogP contribution in [-0.4, -0.2) is 34.7 Å². The van der Waals surface area contributed by atoms with Gasteiger partial charge in [0.2, 0.25) is 0 Å². The first-order chi connectivity index (χ1) is 14.8. The summed E-state index contributed by atoms with van der Waals surface area (Å²) in [6, 6.07) is 3.75. The van der Waals surface area contributed by atoms with Gasteiger partial charge in [-0.05, 0) is 69.2 Å². The Hall–Kier alpha value is -2.03. The molecule has 1 saturated heterocycles. The zero-order valence-electron chi connectivity index (χ0n) is 18.0. The number of piperidine rings is 1. The monoisotopic (exact) mass is 465 g/mol. The Morgan fingerprint density at radius 1 is 1.16 bits per heavy atom. The SMILES string of the molecule is C=C(C)CC[C@H](CCC(F)(F)F)N1CC[C@@H](CC(=O)O)C[C@H]1c1ccc(C(F)(F)F)cc1. The summed E-state index contributed by atoms with van der Waals surface area (Å²) >= 11 is 0. The fourth-order valence-corrected chi connectivity index (χ4v) is 4.37. The first kappa shape index (κ1) is 26.2. The molecular weight excluding hydrogens is 436 g/mol. The maximum atomic E-state index is 13.0. The first-order valence-electron chi connectivity index (χ1n) is 10.6. The third-order valence-corrected chi connectivity index (χ3v) is 5.97. The molecule has 1 fully saturated rings. The molecule has 0 aliphatic carbocycles. The van der Waals surface area contributed by atoms with Gasteiger partial charge >= 0.3 is 18.3 Å². The lowest BCUT2D eigenvalue weighted by Crippen LogP contribution is -2.44. The van der Waals surface area contributed by atoms with Crippen molar-refractivity contribution >= 4 is 5.97 Å². The van der Waals surface area contributed by atoms with Gasteiger partial charge in [0.25, 0.3) is 0 Å². The summed E-state index contributed by atoms with van der Waals surface area (Å²) < 4.78 is 77.8.